The van der Waals surface area contributed by atoms with Gasteiger partial charge in [-0.05, 0) is 6.42 Å². The van der Waals surface area contributed by atoms with Gasteiger partial charge in [0.05, 0.1) is 0 Å². The van der Waals surface area contributed by atoms with Gasteiger partial charge in [0.1, 0.15) is 0 Å². The second kappa shape index (κ2) is 3.98. The maximum atomic E-state index is 10.5. The molecule has 0 spiro atoms. The van der Waals surface area contributed by atoms with Gasteiger partial charge in [-0.3, -0.25) is 9.09 Å². The molecule has 1 atom stereocenters. The van der Waals surface area contributed by atoms with Crippen LogP contribution in [0, 0.1) is 0 Å². The molecular formula is C3H10O7P2. The van der Waals surface area contributed by atoms with Crippen LogP contribution in [0.3, 0.4) is 0 Å². The van der Waals surface area contributed by atoms with Gasteiger partial charge in [-0.1, -0.05) is 6.92 Å². The number of hydrogen-bond acceptors (Lipinski definition) is 3. The van der Waals surface area contributed by atoms with Gasteiger partial charge in [-0.25, -0.2) is 4.57 Å². The van der Waals surface area contributed by atoms with Crippen LogP contribution in [-0.2, 0) is 13.7 Å². The maximum absolute atomic E-state index is 10.5. The van der Waals surface area contributed by atoms with Gasteiger partial charge in [0.25, 0.3) is 0 Å². The lowest BCUT2D eigenvalue weighted by atomic mass is 10.5. The first-order valence-corrected chi connectivity index (χ1v) is 6.17. The third-order valence-corrected chi connectivity index (χ3v) is 2.90. The van der Waals surface area contributed by atoms with E-state index in [0.29, 0.717) is 0 Å². The van der Waals surface area contributed by atoms with Gasteiger partial charge in [0.15, 0.2) is 5.85 Å². The van der Waals surface area contributed by atoms with Crippen molar-refractivity contribution in [1.82, 2.24) is 0 Å². The van der Waals surface area contributed by atoms with Crippen molar-refractivity contribution in [1.29, 1.82) is 0 Å². The minimum atomic E-state index is -4.83. The zero-order chi connectivity index (χ0) is 9.99. The van der Waals surface area contributed by atoms with Crippen LogP contribution in [-0.4, -0.2) is 25.4 Å². The van der Waals surface area contributed by atoms with E-state index in [2.05, 4.69) is 4.52 Å². The lowest BCUT2D eigenvalue weighted by Crippen LogP contribution is -2.10. The van der Waals surface area contributed by atoms with Crippen molar-refractivity contribution < 1.29 is 33.2 Å². The average molecular weight is 220 g/mol. The molecule has 0 amide bonds. The van der Waals surface area contributed by atoms with Gasteiger partial charge in [0.2, 0.25) is 0 Å². The van der Waals surface area contributed by atoms with Crippen LogP contribution in [0.4, 0.5) is 0 Å². The van der Waals surface area contributed by atoms with Gasteiger partial charge in [-0.15, -0.1) is 0 Å². The predicted molar refractivity (Wildman–Crippen MR) is 39.3 cm³/mol. The highest BCUT2D eigenvalue weighted by Gasteiger charge is 2.34. The summed E-state index contributed by atoms with van der Waals surface area (Å²) in [7, 11) is -9.41. The summed E-state index contributed by atoms with van der Waals surface area (Å²) in [5.74, 6) is -1.74. The lowest BCUT2D eigenvalue weighted by molar-refractivity contribution is 0.152. The first-order valence-electron chi connectivity index (χ1n) is 2.96. The molecule has 74 valence electrons. The first kappa shape index (κ1) is 12.3. The minimum absolute atomic E-state index is 0.171. The van der Waals surface area contributed by atoms with Crippen molar-refractivity contribution in [2.75, 3.05) is 0 Å². The Hall–Kier alpha value is 0.260. The fourth-order valence-electron chi connectivity index (χ4n) is 0.532. The third-order valence-electron chi connectivity index (χ3n) is 0.983. The molecule has 0 aliphatic heterocycles. The molecule has 0 heterocycles. The molecule has 4 N–H and O–H groups in total. The molecule has 7 nitrogen and oxygen atoms in total. The van der Waals surface area contributed by atoms with E-state index < -0.39 is 21.3 Å². The molecule has 0 aromatic heterocycles. The molecule has 0 aromatic rings. The first-order chi connectivity index (χ1) is 5.17. The van der Waals surface area contributed by atoms with Crippen LogP contribution in [0.1, 0.15) is 13.3 Å². The molecule has 0 bridgehead atoms. The minimum Gasteiger partial charge on any atom is -0.323 e. The van der Waals surface area contributed by atoms with E-state index in [1.165, 1.54) is 6.92 Å². The topological polar surface area (TPSA) is 124 Å². The predicted octanol–water partition coefficient (Wildman–Crippen LogP) is 0.00950. The van der Waals surface area contributed by atoms with Crippen molar-refractivity contribution >= 4 is 15.4 Å². The second-order valence-electron chi connectivity index (χ2n) is 2.05. The van der Waals surface area contributed by atoms with E-state index in [-0.39, 0.29) is 6.42 Å². The van der Waals surface area contributed by atoms with Crippen LogP contribution in [0.5, 0.6) is 0 Å². The molecule has 0 aliphatic carbocycles. The fourth-order valence-corrected chi connectivity index (χ4v) is 2.33. The molecule has 0 rings (SSSR count). The molecule has 0 fully saturated rings. The van der Waals surface area contributed by atoms with Crippen molar-refractivity contribution in [3.63, 3.8) is 0 Å². The van der Waals surface area contributed by atoms with Gasteiger partial charge >= 0.3 is 15.4 Å². The van der Waals surface area contributed by atoms with Crippen LogP contribution in [0.15, 0.2) is 0 Å². The average Bonchev–Trinajstić information content (AvgIpc) is 1.78. The highest BCUT2D eigenvalue weighted by atomic mass is 31.2. The molecule has 0 aromatic carbocycles. The summed E-state index contributed by atoms with van der Waals surface area (Å²) in [4.78, 5) is 33.4. The largest absolute Gasteiger partial charge is 0.470 e. The summed E-state index contributed by atoms with van der Waals surface area (Å²) in [5, 5.41) is 0. The van der Waals surface area contributed by atoms with Gasteiger partial charge < -0.3 is 19.6 Å². The smallest absolute Gasteiger partial charge is 0.323 e. The third kappa shape index (κ3) is 5.00. The van der Waals surface area contributed by atoms with E-state index in [1.54, 1.807) is 0 Å². The fraction of sp³-hybridized carbons (Fsp3) is 1.00. The van der Waals surface area contributed by atoms with Crippen molar-refractivity contribution in [3.8, 4) is 0 Å². The zero-order valence-corrected chi connectivity index (χ0v) is 7.98. The van der Waals surface area contributed by atoms with Gasteiger partial charge in [-0.2, -0.15) is 0 Å². The summed E-state index contributed by atoms with van der Waals surface area (Å²) >= 11 is 0. The standard InChI is InChI=1S/C3H10O7P2/c1-2-3(11(4,5)6)10-12(7,8)9/h3H,2H2,1H3,(H2,4,5,6)(H2,7,8,9). The zero-order valence-electron chi connectivity index (χ0n) is 6.19. The van der Waals surface area contributed by atoms with E-state index in [9.17, 15) is 9.13 Å². The molecular weight excluding hydrogens is 210 g/mol. The molecule has 0 radical (unpaired) electrons. The van der Waals surface area contributed by atoms with Crippen molar-refractivity contribution in [2.24, 2.45) is 0 Å². The van der Waals surface area contributed by atoms with E-state index in [1.807, 2.05) is 0 Å². The van der Waals surface area contributed by atoms with E-state index in [4.69, 9.17) is 19.6 Å². The number of phosphoric ester groups is 1. The maximum Gasteiger partial charge on any atom is 0.470 e. The Morgan fingerprint density at radius 2 is 1.67 bits per heavy atom. The van der Waals surface area contributed by atoms with E-state index >= 15 is 0 Å². The summed E-state index contributed by atoms with van der Waals surface area (Å²) < 4.78 is 24.5. The Morgan fingerprint density at radius 3 is 1.75 bits per heavy atom. The van der Waals surface area contributed by atoms with Crippen molar-refractivity contribution in [2.45, 2.75) is 19.2 Å². The highest BCUT2D eigenvalue weighted by Crippen LogP contribution is 2.51. The van der Waals surface area contributed by atoms with Crippen LogP contribution < -0.4 is 0 Å². The quantitative estimate of drug-likeness (QED) is 0.491. The number of hydrogen-bond donors (Lipinski definition) is 4. The molecule has 0 aliphatic rings. The summed E-state index contributed by atoms with van der Waals surface area (Å²) in [5.41, 5.74) is 0. The normalized spacial score (nSPS) is 16.1. The van der Waals surface area contributed by atoms with Crippen LogP contribution in [0.2, 0.25) is 0 Å². The van der Waals surface area contributed by atoms with Crippen LogP contribution in [0.25, 0.3) is 0 Å². The lowest BCUT2D eigenvalue weighted by Gasteiger charge is -2.16. The Labute approximate surface area is 68.8 Å². The Bertz CT molecular complexity index is 225. The number of rotatable bonds is 4. The highest BCUT2D eigenvalue weighted by molar-refractivity contribution is 7.53. The molecule has 9 heteroatoms. The summed E-state index contributed by atoms with van der Waals surface area (Å²) in [6.07, 6.45) is -0.171. The SMILES string of the molecule is CCC(OP(=O)(O)O)P(=O)(O)O. The second-order valence-corrected chi connectivity index (χ2v) is 4.99. The van der Waals surface area contributed by atoms with Crippen LogP contribution >= 0.6 is 15.4 Å². The molecule has 12 heavy (non-hydrogen) atoms. The number of phosphoric acid groups is 1. The van der Waals surface area contributed by atoms with Crippen molar-refractivity contribution in [3.05, 3.63) is 0 Å². The Balaban J connectivity index is 4.41. The molecule has 0 saturated heterocycles. The van der Waals surface area contributed by atoms with Gasteiger partial charge in [0, 0.05) is 0 Å². The summed E-state index contributed by atoms with van der Waals surface area (Å²) in [6.45, 7) is 1.35. The van der Waals surface area contributed by atoms with E-state index in [0.717, 1.165) is 0 Å². The monoisotopic (exact) mass is 220 g/mol. The Morgan fingerprint density at radius 1 is 1.25 bits per heavy atom. The molecule has 1 unspecified atom stereocenters. The Kier molecular flexibility index (Phi) is 4.07. The summed E-state index contributed by atoms with van der Waals surface area (Å²) in [6, 6.07) is 0. The molecule has 0 saturated carbocycles.